The van der Waals surface area contributed by atoms with E-state index < -0.39 is 0 Å². The monoisotopic (exact) mass is 308 g/mol. The number of halogens is 2. The standard InChI is InChI=1S/C16H18ClFN2O/c1-2-3-12-10-15(17)16(20-11-12)19-8-9-21-14-6-4-13(18)5-7-14/h4-7,10-11H,2-3,8-9H2,1H3,(H,19,20). The SMILES string of the molecule is CCCc1cnc(NCCOc2ccc(F)cc2)c(Cl)c1. The molecule has 2 aromatic rings. The molecular formula is C16H18ClFN2O. The first kappa shape index (κ1) is 15.6. The number of nitrogens with one attached hydrogen (secondary N) is 1. The molecule has 21 heavy (non-hydrogen) atoms. The van der Waals surface area contributed by atoms with Gasteiger partial charge < -0.3 is 10.1 Å². The molecule has 0 bridgehead atoms. The van der Waals surface area contributed by atoms with E-state index >= 15 is 0 Å². The molecule has 0 aliphatic heterocycles. The quantitative estimate of drug-likeness (QED) is 0.774. The molecule has 0 saturated heterocycles. The molecule has 0 radical (unpaired) electrons. The number of benzene rings is 1. The van der Waals surface area contributed by atoms with Crippen molar-refractivity contribution in [1.29, 1.82) is 0 Å². The fourth-order valence-corrected chi connectivity index (χ4v) is 2.16. The fourth-order valence-electron chi connectivity index (χ4n) is 1.90. The summed E-state index contributed by atoms with van der Waals surface area (Å²) < 4.78 is 18.2. The molecule has 1 heterocycles. The van der Waals surface area contributed by atoms with Gasteiger partial charge in [0.15, 0.2) is 0 Å². The zero-order valence-electron chi connectivity index (χ0n) is 11.9. The number of aryl methyl sites for hydroxylation is 1. The van der Waals surface area contributed by atoms with E-state index in [1.807, 2.05) is 12.3 Å². The molecule has 2 rings (SSSR count). The van der Waals surface area contributed by atoms with Gasteiger partial charge in [-0.05, 0) is 42.3 Å². The fraction of sp³-hybridized carbons (Fsp3) is 0.312. The predicted octanol–water partition coefficient (Wildman–Crippen LogP) is 4.32. The van der Waals surface area contributed by atoms with E-state index in [2.05, 4.69) is 17.2 Å². The maximum absolute atomic E-state index is 12.7. The molecular weight excluding hydrogens is 291 g/mol. The van der Waals surface area contributed by atoms with Gasteiger partial charge in [0, 0.05) is 6.20 Å². The summed E-state index contributed by atoms with van der Waals surface area (Å²) in [5, 5.41) is 3.74. The molecule has 0 unspecified atom stereocenters. The summed E-state index contributed by atoms with van der Waals surface area (Å²) in [7, 11) is 0. The number of nitrogens with zero attached hydrogens (tertiary/aromatic N) is 1. The summed E-state index contributed by atoms with van der Waals surface area (Å²) in [6, 6.07) is 7.86. The maximum Gasteiger partial charge on any atom is 0.144 e. The van der Waals surface area contributed by atoms with Crippen LogP contribution in [0.15, 0.2) is 36.5 Å². The van der Waals surface area contributed by atoms with Crippen LogP contribution in [0.2, 0.25) is 5.02 Å². The van der Waals surface area contributed by atoms with Gasteiger partial charge in [0.25, 0.3) is 0 Å². The largest absolute Gasteiger partial charge is 0.492 e. The lowest BCUT2D eigenvalue weighted by Gasteiger charge is -2.10. The van der Waals surface area contributed by atoms with Crippen LogP contribution in [0.4, 0.5) is 10.2 Å². The summed E-state index contributed by atoms with van der Waals surface area (Å²) in [4.78, 5) is 4.30. The molecule has 3 nitrogen and oxygen atoms in total. The van der Waals surface area contributed by atoms with Crippen LogP contribution in [0.5, 0.6) is 5.75 Å². The molecule has 0 spiro atoms. The predicted molar refractivity (Wildman–Crippen MR) is 83.6 cm³/mol. The Hall–Kier alpha value is -1.81. The van der Waals surface area contributed by atoms with Gasteiger partial charge in [-0.3, -0.25) is 0 Å². The van der Waals surface area contributed by atoms with Crippen LogP contribution in [-0.2, 0) is 6.42 Å². The summed E-state index contributed by atoms with van der Waals surface area (Å²) in [5.74, 6) is 1.01. The first-order chi connectivity index (χ1) is 10.2. The third-order valence-corrected chi connectivity index (χ3v) is 3.20. The smallest absolute Gasteiger partial charge is 0.144 e. The number of aromatic nitrogens is 1. The van der Waals surface area contributed by atoms with Crippen molar-refractivity contribution in [2.45, 2.75) is 19.8 Å². The van der Waals surface area contributed by atoms with Crippen molar-refractivity contribution in [3.63, 3.8) is 0 Å². The topological polar surface area (TPSA) is 34.2 Å². The van der Waals surface area contributed by atoms with Crippen LogP contribution in [0.3, 0.4) is 0 Å². The van der Waals surface area contributed by atoms with E-state index in [4.69, 9.17) is 16.3 Å². The molecule has 0 aliphatic carbocycles. The molecule has 0 fully saturated rings. The van der Waals surface area contributed by atoms with E-state index in [0.717, 1.165) is 18.4 Å². The lowest BCUT2D eigenvalue weighted by Crippen LogP contribution is -2.12. The van der Waals surface area contributed by atoms with E-state index in [9.17, 15) is 4.39 Å². The Morgan fingerprint density at radius 1 is 1.29 bits per heavy atom. The zero-order chi connectivity index (χ0) is 15.1. The Bertz CT molecular complexity index is 575. The van der Waals surface area contributed by atoms with Crippen molar-refractivity contribution >= 4 is 17.4 Å². The lowest BCUT2D eigenvalue weighted by atomic mass is 10.2. The van der Waals surface area contributed by atoms with Crippen molar-refractivity contribution in [1.82, 2.24) is 4.98 Å². The first-order valence-corrected chi connectivity index (χ1v) is 7.33. The normalized spacial score (nSPS) is 10.4. The Balaban J connectivity index is 1.79. The van der Waals surface area contributed by atoms with Crippen molar-refractivity contribution in [3.05, 3.63) is 52.9 Å². The van der Waals surface area contributed by atoms with Gasteiger partial charge in [-0.15, -0.1) is 0 Å². The number of hydrogen-bond donors (Lipinski definition) is 1. The minimum absolute atomic E-state index is 0.274. The number of rotatable bonds is 7. The number of pyridine rings is 1. The molecule has 1 aromatic carbocycles. The molecule has 0 amide bonds. The Labute approximate surface area is 129 Å². The van der Waals surface area contributed by atoms with Crippen molar-refractivity contribution < 1.29 is 9.13 Å². The maximum atomic E-state index is 12.7. The Morgan fingerprint density at radius 2 is 2.05 bits per heavy atom. The van der Waals surface area contributed by atoms with Gasteiger partial charge in [0.05, 0.1) is 11.6 Å². The Kier molecular flexibility index (Phi) is 5.81. The van der Waals surface area contributed by atoms with Crippen LogP contribution in [0.1, 0.15) is 18.9 Å². The zero-order valence-corrected chi connectivity index (χ0v) is 12.7. The summed E-state index contributed by atoms with van der Waals surface area (Å²) in [5.41, 5.74) is 1.13. The van der Waals surface area contributed by atoms with Crippen LogP contribution in [0, 0.1) is 5.82 Å². The molecule has 0 saturated carbocycles. The molecule has 0 aliphatic rings. The van der Waals surface area contributed by atoms with E-state index in [0.29, 0.717) is 29.7 Å². The van der Waals surface area contributed by atoms with Crippen LogP contribution in [-0.4, -0.2) is 18.1 Å². The second-order valence-electron chi connectivity index (χ2n) is 4.65. The molecule has 5 heteroatoms. The van der Waals surface area contributed by atoms with Crippen molar-refractivity contribution in [2.75, 3.05) is 18.5 Å². The molecule has 0 atom stereocenters. The van der Waals surface area contributed by atoms with Gasteiger partial charge >= 0.3 is 0 Å². The first-order valence-electron chi connectivity index (χ1n) is 6.95. The van der Waals surface area contributed by atoms with Gasteiger partial charge in [-0.2, -0.15) is 0 Å². The highest BCUT2D eigenvalue weighted by atomic mass is 35.5. The van der Waals surface area contributed by atoms with Crippen LogP contribution < -0.4 is 10.1 Å². The molecule has 1 aromatic heterocycles. The third kappa shape index (κ3) is 4.90. The number of hydrogen-bond acceptors (Lipinski definition) is 3. The molecule has 1 N–H and O–H groups in total. The summed E-state index contributed by atoms with van der Waals surface area (Å²) >= 11 is 6.17. The average molecular weight is 309 g/mol. The van der Waals surface area contributed by atoms with Crippen molar-refractivity contribution in [2.24, 2.45) is 0 Å². The van der Waals surface area contributed by atoms with E-state index in [1.54, 1.807) is 12.1 Å². The average Bonchev–Trinajstić information content (AvgIpc) is 2.47. The van der Waals surface area contributed by atoms with Gasteiger partial charge in [-0.1, -0.05) is 24.9 Å². The van der Waals surface area contributed by atoms with Gasteiger partial charge in [-0.25, -0.2) is 9.37 Å². The summed E-state index contributed by atoms with van der Waals surface area (Å²) in [6.07, 6.45) is 3.87. The minimum Gasteiger partial charge on any atom is -0.492 e. The molecule has 112 valence electrons. The Morgan fingerprint density at radius 3 is 2.71 bits per heavy atom. The summed E-state index contributed by atoms with van der Waals surface area (Å²) in [6.45, 7) is 3.13. The number of ether oxygens (including phenoxy) is 1. The highest BCUT2D eigenvalue weighted by molar-refractivity contribution is 6.32. The minimum atomic E-state index is -0.274. The van der Waals surface area contributed by atoms with Crippen LogP contribution >= 0.6 is 11.6 Å². The van der Waals surface area contributed by atoms with E-state index in [1.165, 1.54) is 12.1 Å². The lowest BCUT2D eigenvalue weighted by molar-refractivity contribution is 0.332. The highest BCUT2D eigenvalue weighted by Crippen LogP contribution is 2.20. The third-order valence-electron chi connectivity index (χ3n) is 2.91. The van der Waals surface area contributed by atoms with Gasteiger partial charge in [0.2, 0.25) is 0 Å². The second-order valence-corrected chi connectivity index (χ2v) is 5.06. The van der Waals surface area contributed by atoms with Crippen molar-refractivity contribution in [3.8, 4) is 5.75 Å². The van der Waals surface area contributed by atoms with Crippen LogP contribution in [0.25, 0.3) is 0 Å². The second kappa shape index (κ2) is 7.84. The highest BCUT2D eigenvalue weighted by Gasteiger charge is 2.03. The van der Waals surface area contributed by atoms with E-state index in [-0.39, 0.29) is 5.82 Å². The van der Waals surface area contributed by atoms with Gasteiger partial charge in [0.1, 0.15) is 24.0 Å². The number of anilines is 1.